The zero-order valence-electron chi connectivity index (χ0n) is 11.0. The van der Waals surface area contributed by atoms with Gasteiger partial charge in [0.2, 0.25) is 0 Å². The van der Waals surface area contributed by atoms with Gasteiger partial charge in [0.25, 0.3) is 0 Å². The normalized spacial score (nSPS) is 10.2. The van der Waals surface area contributed by atoms with Crippen LogP contribution in [0.4, 0.5) is 5.69 Å². The van der Waals surface area contributed by atoms with E-state index >= 15 is 0 Å². The first kappa shape index (κ1) is 14.8. The molecule has 0 radical (unpaired) electrons. The van der Waals surface area contributed by atoms with Crippen LogP contribution >= 0.6 is 0 Å². The molecule has 0 fully saturated rings. The average molecular weight is 263 g/mol. The highest BCUT2D eigenvalue weighted by Crippen LogP contribution is 2.10. The van der Waals surface area contributed by atoms with Gasteiger partial charge in [0, 0.05) is 11.8 Å². The van der Waals surface area contributed by atoms with E-state index in [-0.39, 0.29) is 18.5 Å². The van der Waals surface area contributed by atoms with Gasteiger partial charge in [0.1, 0.15) is 6.54 Å². The van der Waals surface area contributed by atoms with Gasteiger partial charge in [0.15, 0.2) is 0 Å². The van der Waals surface area contributed by atoms with E-state index < -0.39 is 0 Å². The highest BCUT2D eigenvalue weighted by Gasteiger charge is 1.99. The fourth-order valence-corrected chi connectivity index (χ4v) is 1.31. The largest absolute Gasteiger partial charge is 0.468 e. The van der Waals surface area contributed by atoms with Gasteiger partial charge in [-0.25, -0.2) is 4.79 Å². The van der Waals surface area contributed by atoms with E-state index in [1.807, 2.05) is 24.3 Å². The van der Waals surface area contributed by atoms with Gasteiger partial charge in [-0.15, -0.1) is 0 Å². The molecule has 0 aliphatic carbocycles. The molecule has 0 spiro atoms. The lowest BCUT2D eigenvalue weighted by Gasteiger charge is -2.04. The number of rotatable bonds is 6. The quantitative estimate of drug-likeness (QED) is 0.626. The number of carbonyl (C=O) groups is 2. The Hall–Kier alpha value is -2.30. The molecule has 1 aromatic carbocycles. The second-order valence-corrected chi connectivity index (χ2v) is 3.64. The molecule has 0 aromatic heterocycles. The van der Waals surface area contributed by atoms with Crippen molar-refractivity contribution in [2.45, 2.75) is 6.92 Å². The highest BCUT2D eigenvalue weighted by molar-refractivity contribution is 5.87. The van der Waals surface area contributed by atoms with Crippen molar-refractivity contribution in [1.82, 2.24) is 0 Å². The molecular weight excluding hydrogens is 246 g/mol. The van der Waals surface area contributed by atoms with E-state index in [9.17, 15) is 9.59 Å². The van der Waals surface area contributed by atoms with E-state index in [4.69, 9.17) is 4.74 Å². The fourth-order valence-electron chi connectivity index (χ4n) is 1.31. The third kappa shape index (κ3) is 5.72. The van der Waals surface area contributed by atoms with Gasteiger partial charge in [0.05, 0.1) is 13.7 Å². The Morgan fingerprint density at radius 1 is 1.26 bits per heavy atom. The minimum absolute atomic E-state index is 0.120. The maximum Gasteiger partial charge on any atom is 0.330 e. The predicted octanol–water partition coefficient (Wildman–Crippen LogP) is 1.85. The molecule has 0 aliphatic heterocycles. The number of anilines is 1. The average Bonchev–Trinajstić information content (AvgIpc) is 2.44. The van der Waals surface area contributed by atoms with Crippen LogP contribution in [-0.2, 0) is 19.1 Å². The minimum Gasteiger partial charge on any atom is -0.468 e. The van der Waals surface area contributed by atoms with Crippen LogP contribution in [-0.4, -0.2) is 32.2 Å². The molecule has 5 heteroatoms. The molecule has 0 heterocycles. The van der Waals surface area contributed by atoms with Crippen LogP contribution in [0, 0.1) is 0 Å². The van der Waals surface area contributed by atoms with Crippen molar-refractivity contribution in [3.05, 3.63) is 35.9 Å². The zero-order chi connectivity index (χ0) is 14.1. The third-order valence-electron chi connectivity index (χ3n) is 2.27. The summed E-state index contributed by atoms with van der Waals surface area (Å²) in [6, 6.07) is 7.28. The van der Waals surface area contributed by atoms with Crippen molar-refractivity contribution >= 4 is 23.7 Å². The van der Waals surface area contributed by atoms with Gasteiger partial charge >= 0.3 is 11.9 Å². The van der Waals surface area contributed by atoms with Gasteiger partial charge < -0.3 is 14.8 Å². The summed E-state index contributed by atoms with van der Waals surface area (Å²) in [6.45, 7) is 2.24. The van der Waals surface area contributed by atoms with Gasteiger partial charge in [-0.1, -0.05) is 12.1 Å². The Morgan fingerprint density at radius 2 is 1.95 bits per heavy atom. The van der Waals surface area contributed by atoms with E-state index in [0.29, 0.717) is 6.61 Å². The van der Waals surface area contributed by atoms with Gasteiger partial charge in [-0.3, -0.25) is 4.79 Å². The van der Waals surface area contributed by atoms with E-state index in [1.54, 1.807) is 13.0 Å². The summed E-state index contributed by atoms with van der Waals surface area (Å²) in [5.41, 5.74) is 1.68. The van der Waals surface area contributed by atoms with Crippen molar-refractivity contribution in [2.75, 3.05) is 25.6 Å². The molecule has 1 N–H and O–H groups in total. The standard InChI is InChI=1S/C14H17NO4/c1-3-19-13(16)9-6-11-4-7-12(8-5-11)15-10-14(17)18-2/h4-9,15H,3,10H2,1-2H3/b9-6+. The molecule has 0 saturated carbocycles. The number of hydrogen-bond acceptors (Lipinski definition) is 5. The Balaban J connectivity index is 2.52. The molecule has 0 atom stereocenters. The van der Waals surface area contributed by atoms with Crippen LogP contribution in [0.5, 0.6) is 0 Å². The van der Waals surface area contributed by atoms with Crippen molar-refractivity contribution in [2.24, 2.45) is 0 Å². The Labute approximate surface area is 112 Å². The Bertz CT molecular complexity index is 451. The first-order valence-electron chi connectivity index (χ1n) is 5.91. The lowest BCUT2D eigenvalue weighted by atomic mass is 10.2. The smallest absolute Gasteiger partial charge is 0.330 e. The number of methoxy groups -OCH3 is 1. The van der Waals surface area contributed by atoms with Crippen LogP contribution in [0.1, 0.15) is 12.5 Å². The summed E-state index contributed by atoms with van der Waals surface area (Å²) in [5, 5.41) is 2.92. The first-order valence-corrected chi connectivity index (χ1v) is 5.91. The monoisotopic (exact) mass is 263 g/mol. The Kier molecular flexibility index (Phi) is 6.15. The number of nitrogens with one attached hydrogen (secondary N) is 1. The molecule has 0 unspecified atom stereocenters. The molecule has 0 aliphatic rings. The van der Waals surface area contributed by atoms with Crippen LogP contribution < -0.4 is 5.32 Å². The van der Waals surface area contributed by atoms with Crippen LogP contribution in [0.2, 0.25) is 0 Å². The summed E-state index contributed by atoms with van der Waals surface area (Å²) < 4.78 is 9.29. The predicted molar refractivity (Wildman–Crippen MR) is 72.6 cm³/mol. The van der Waals surface area contributed by atoms with Crippen molar-refractivity contribution < 1.29 is 19.1 Å². The Morgan fingerprint density at radius 3 is 2.53 bits per heavy atom. The molecule has 0 amide bonds. The summed E-state index contributed by atoms with van der Waals surface area (Å²) in [7, 11) is 1.34. The topological polar surface area (TPSA) is 64.6 Å². The van der Waals surface area contributed by atoms with Gasteiger partial charge in [-0.05, 0) is 30.7 Å². The zero-order valence-corrected chi connectivity index (χ0v) is 11.0. The van der Waals surface area contributed by atoms with Crippen LogP contribution in [0.15, 0.2) is 30.3 Å². The number of ether oxygens (including phenoxy) is 2. The van der Waals surface area contributed by atoms with Crippen molar-refractivity contribution in [3.63, 3.8) is 0 Å². The molecular formula is C14H17NO4. The van der Waals surface area contributed by atoms with Crippen molar-refractivity contribution in [3.8, 4) is 0 Å². The minimum atomic E-state index is -0.365. The highest BCUT2D eigenvalue weighted by atomic mass is 16.5. The molecule has 1 aromatic rings. The van der Waals surface area contributed by atoms with Crippen LogP contribution in [0.3, 0.4) is 0 Å². The van der Waals surface area contributed by atoms with E-state index in [2.05, 4.69) is 10.1 Å². The summed E-state index contributed by atoms with van der Waals surface area (Å²) in [4.78, 5) is 22.1. The molecule has 102 valence electrons. The second-order valence-electron chi connectivity index (χ2n) is 3.64. The van der Waals surface area contributed by atoms with Crippen molar-refractivity contribution in [1.29, 1.82) is 0 Å². The third-order valence-corrected chi connectivity index (χ3v) is 2.27. The number of hydrogen-bond donors (Lipinski definition) is 1. The maximum atomic E-state index is 11.1. The first-order chi connectivity index (χ1) is 9.15. The molecule has 0 bridgehead atoms. The summed E-state index contributed by atoms with van der Waals surface area (Å²) in [5.74, 6) is -0.693. The molecule has 1 rings (SSSR count). The lowest BCUT2D eigenvalue weighted by Crippen LogP contribution is -2.14. The second kappa shape index (κ2) is 7.92. The number of carbonyl (C=O) groups excluding carboxylic acids is 2. The SMILES string of the molecule is CCOC(=O)/C=C/c1ccc(NCC(=O)OC)cc1. The van der Waals surface area contributed by atoms with Crippen LogP contribution in [0.25, 0.3) is 6.08 Å². The maximum absolute atomic E-state index is 11.1. The van der Waals surface area contributed by atoms with E-state index in [0.717, 1.165) is 11.3 Å². The number of benzene rings is 1. The summed E-state index contributed by atoms with van der Waals surface area (Å²) in [6.07, 6.45) is 3.04. The summed E-state index contributed by atoms with van der Waals surface area (Å²) >= 11 is 0. The number of esters is 2. The van der Waals surface area contributed by atoms with Gasteiger partial charge in [-0.2, -0.15) is 0 Å². The molecule has 5 nitrogen and oxygen atoms in total. The van der Waals surface area contributed by atoms with E-state index in [1.165, 1.54) is 13.2 Å². The molecule has 19 heavy (non-hydrogen) atoms. The fraction of sp³-hybridized carbons (Fsp3) is 0.286. The lowest BCUT2D eigenvalue weighted by molar-refractivity contribution is -0.138. The molecule has 0 saturated heterocycles.